The lowest BCUT2D eigenvalue weighted by atomic mass is 9.93. The highest BCUT2D eigenvalue weighted by Crippen LogP contribution is 2.33. The molecule has 1 atom stereocenters. The Labute approximate surface area is 202 Å². The van der Waals surface area contributed by atoms with E-state index in [1.165, 1.54) is 4.90 Å². The first-order valence-electron chi connectivity index (χ1n) is 11.9. The number of nitrogens with zero attached hydrogens (tertiary/aromatic N) is 2. The molecule has 0 radical (unpaired) electrons. The maximum Gasteiger partial charge on any atom is 0.247 e. The third kappa shape index (κ3) is 4.61. The molecule has 1 aliphatic heterocycles. The van der Waals surface area contributed by atoms with Crippen LogP contribution < -0.4 is 10.2 Å². The lowest BCUT2D eigenvalue weighted by Crippen LogP contribution is -2.70. The third-order valence-corrected chi connectivity index (χ3v) is 8.79. The van der Waals surface area contributed by atoms with Gasteiger partial charge in [0.05, 0.1) is 11.4 Å². The summed E-state index contributed by atoms with van der Waals surface area (Å²) in [4.78, 5) is 28.7. The molecule has 2 fully saturated rings. The molecule has 0 bridgehead atoms. The number of piperazine rings is 1. The average Bonchev–Trinajstić information content (AvgIpc) is 3.32. The second-order valence-corrected chi connectivity index (χ2v) is 11.5. The number of carbonyl (C=O) groups is 2. The standard InChI is InChI=1S/C26H33N3O4S/c1-4-20-11-13-22(14-12-20)29-24(30)17-28(34(32,33)23-15-9-19(2)10-16-23)18-26(29,3)25(31)27-21-7-5-6-8-21/h9-16,21H,4-8,17-18H2,1-3H3,(H,27,31)/t26-/m1/s1. The Balaban J connectivity index is 1.72. The van der Waals surface area contributed by atoms with E-state index < -0.39 is 21.5 Å². The number of anilines is 1. The van der Waals surface area contributed by atoms with E-state index in [1.54, 1.807) is 31.2 Å². The third-order valence-electron chi connectivity index (χ3n) is 6.98. The molecule has 2 aromatic carbocycles. The monoisotopic (exact) mass is 483 g/mol. The van der Waals surface area contributed by atoms with Crippen LogP contribution in [-0.4, -0.2) is 49.2 Å². The van der Waals surface area contributed by atoms with Crippen LogP contribution in [0.1, 0.15) is 50.7 Å². The Kier molecular flexibility index (Phi) is 6.82. The van der Waals surface area contributed by atoms with Crippen LogP contribution in [0.3, 0.4) is 0 Å². The van der Waals surface area contributed by atoms with E-state index in [0.717, 1.165) is 47.5 Å². The summed E-state index contributed by atoms with van der Waals surface area (Å²) in [6, 6.07) is 14.1. The number of carbonyl (C=O) groups excluding carboxylic acids is 2. The maximum absolute atomic E-state index is 13.7. The van der Waals surface area contributed by atoms with Crippen molar-refractivity contribution in [1.82, 2.24) is 9.62 Å². The van der Waals surface area contributed by atoms with Crippen molar-refractivity contribution in [2.75, 3.05) is 18.0 Å². The Morgan fingerprint density at radius 2 is 1.68 bits per heavy atom. The van der Waals surface area contributed by atoms with Crippen LogP contribution in [0.5, 0.6) is 0 Å². The van der Waals surface area contributed by atoms with Gasteiger partial charge in [-0.05, 0) is 62.9 Å². The molecule has 0 spiro atoms. The molecule has 4 rings (SSSR count). The van der Waals surface area contributed by atoms with Crippen molar-refractivity contribution in [2.24, 2.45) is 0 Å². The fourth-order valence-electron chi connectivity index (χ4n) is 4.89. The van der Waals surface area contributed by atoms with Crippen molar-refractivity contribution in [3.63, 3.8) is 0 Å². The van der Waals surface area contributed by atoms with Crippen molar-refractivity contribution in [2.45, 2.75) is 69.4 Å². The summed E-state index contributed by atoms with van der Waals surface area (Å²) in [5.41, 5.74) is 1.27. The van der Waals surface area contributed by atoms with Gasteiger partial charge >= 0.3 is 0 Å². The van der Waals surface area contributed by atoms with E-state index >= 15 is 0 Å². The van der Waals surface area contributed by atoms with Gasteiger partial charge in [-0.1, -0.05) is 49.6 Å². The van der Waals surface area contributed by atoms with Gasteiger partial charge in [0.25, 0.3) is 0 Å². The van der Waals surface area contributed by atoms with Gasteiger partial charge in [-0.2, -0.15) is 4.31 Å². The molecule has 1 heterocycles. The molecule has 1 saturated heterocycles. The zero-order valence-electron chi connectivity index (χ0n) is 20.1. The molecule has 2 aromatic rings. The number of sulfonamides is 1. The lowest BCUT2D eigenvalue weighted by molar-refractivity contribution is -0.133. The molecular formula is C26H33N3O4S. The normalized spacial score (nSPS) is 22.2. The minimum Gasteiger partial charge on any atom is -0.351 e. The number of hydrogen-bond donors (Lipinski definition) is 1. The predicted molar refractivity (Wildman–Crippen MR) is 132 cm³/mol. The molecule has 0 unspecified atom stereocenters. The molecule has 8 heteroatoms. The summed E-state index contributed by atoms with van der Waals surface area (Å²) in [6.07, 6.45) is 4.75. The number of rotatable bonds is 6. The summed E-state index contributed by atoms with van der Waals surface area (Å²) < 4.78 is 28.0. The van der Waals surface area contributed by atoms with E-state index in [4.69, 9.17) is 0 Å². The summed E-state index contributed by atoms with van der Waals surface area (Å²) >= 11 is 0. The Bertz CT molecular complexity index is 1160. The first-order valence-corrected chi connectivity index (χ1v) is 13.4. The van der Waals surface area contributed by atoms with Gasteiger partial charge in [0, 0.05) is 18.3 Å². The zero-order valence-corrected chi connectivity index (χ0v) is 20.9. The minimum atomic E-state index is -3.95. The molecule has 2 amide bonds. The van der Waals surface area contributed by atoms with Crippen molar-refractivity contribution in [3.8, 4) is 0 Å². The summed E-state index contributed by atoms with van der Waals surface area (Å²) in [5, 5.41) is 3.10. The molecule has 1 saturated carbocycles. The van der Waals surface area contributed by atoms with Crippen LogP contribution in [0, 0.1) is 6.92 Å². The number of nitrogens with one attached hydrogen (secondary N) is 1. The van der Waals surface area contributed by atoms with Crippen molar-refractivity contribution in [3.05, 3.63) is 59.7 Å². The number of aryl methyl sites for hydroxylation is 2. The highest BCUT2D eigenvalue weighted by atomic mass is 32.2. The smallest absolute Gasteiger partial charge is 0.247 e. The Morgan fingerprint density at radius 1 is 1.06 bits per heavy atom. The second kappa shape index (κ2) is 9.50. The maximum atomic E-state index is 13.7. The Morgan fingerprint density at radius 3 is 2.26 bits per heavy atom. The summed E-state index contributed by atoms with van der Waals surface area (Å²) in [7, 11) is -3.95. The van der Waals surface area contributed by atoms with Crippen LogP contribution in [-0.2, 0) is 26.0 Å². The van der Waals surface area contributed by atoms with E-state index in [-0.39, 0.29) is 29.9 Å². The minimum absolute atomic E-state index is 0.0489. The molecule has 7 nitrogen and oxygen atoms in total. The van der Waals surface area contributed by atoms with Crippen LogP contribution in [0.25, 0.3) is 0 Å². The van der Waals surface area contributed by atoms with Gasteiger partial charge in [-0.3, -0.25) is 14.5 Å². The van der Waals surface area contributed by atoms with Crippen LogP contribution in [0.4, 0.5) is 5.69 Å². The largest absolute Gasteiger partial charge is 0.351 e. The SMILES string of the molecule is CCc1ccc(N2C(=O)CN(S(=O)(=O)c3ccc(C)cc3)C[C@]2(C)C(=O)NC2CCCC2)cc1. The van der Waals surface area contributed by atoms with Gasteiger partial charge in [0.15, 0.2) is 0 Å². The molecule has 1 N–H and O–H groups in total. The van der Waals surface area contributed by atoms with Gasteiger partial charge < -0.3 is 5.32 Å². The molecule has 0 aromatic heterocycles. The van der Waals surface area contributed by atoms with E-state index in [2.05, 4.69) is 5.32 Å². The average molecular weight is 484 g/mol. The summed E-state index contributed by atoms with van der Waals surface area (Å²) in [5.74, 6) is -0.744. The topological polar surface area (TPSA) is 86.8 Å². The lowest BCUT2D eigenvalue weighted by Gasteiger charge is -2.47. The first kappa shape index (κ1) is 24.4. The number of benzene rings is 2. The molecule has 1 aliphatic carbocycles. The van der Waals surface area contributed by atoms with Gasteiger partial charge in [0.2, 0.25) is 21.8 Å². The molecule has 2 aliphatic rings. The fraction of sp³-hybridized carbons (Fsp3) is 0.462. The fourth-order valence-corrected chi connectivity index (χ4v) is 6.37. The summed E-state index contributed by atoms with van der Waals surface area (Å²) in [6.45, 7) is 5.15. The van der Waals surface area contributed by atoms with E-state index in [9.17, 15) is 18.0 Å². The van der Waals surface area contributed by atoms with Crippen LogP contribution in [0.2, 0.25) is 0 Å². The quantitative estimate of drug-likeness (QED) is 0.682. The molecule has 182 valence electrons. The first-order chi connectivity index (χ1) is 16.1. The number of hydrogen-bond acceptors (Lipinski definition) is 4. The number of amides is 2. The van der Waals surface area contributed by atoms with Crippen molar-refractivity contribution < 1.29 is 18.0 Å². The highest BCUT2D eigenvalue weighted by molar-refractivity contribution is 7.89. The zero-order chi connectivity index (χ0) is 24.5. The molecular weight excluding hydrogens is 450 g/mol. The van der Waals surface area contributed by atoms with Crippen LogP contribution in [0.15, 0.2) is 53.4 Å². The molecule has 34 heavy (non-hydrogen) atoms. The van der Waals surface area contributed by atoms with Crippen LogP contribution >= 0.6 is 0 Å². The highest BCUT2D eigenvalue weighted by Gasteiger charge is 2.51. The van der Waals surface area contributed by atoms with Gasteiger partial charge in [0.1, 0.15) is 5.54 Å². The van der Waals surface area contributed by atoms with Crippen molar-refractivity contribution in [1.29, 1.82) is 0 Å². The Hall–Kier alpha value is -2.71. The predicted octanol–water partition coefficient (Wildman–Crippen LogP) is 3.41. The van der Waals surface area contributed by atoms with Gasteiger partial charge in [-0.15, -0.1) is 0 Å². The van der Waals surface area contributed by atoms with Crippen molar-refractivity contribution >= 4 is 27.5 Å². The second-order valence-electron chi connectivity index (χ2n) is 9.56. The van der Waals surface area contributed by atoms with Gasteiger partial charge in [-0.25, -0.2) is 8.42 Å². The van der Waals surface area contributed by atoms with E-state index in [1.807, 2.05) is 38.1 Å². The van der Waals surface area contributed by atoms with E-state index in [0.29, 0.717) is 5.69 Å².